The van der Waals surface area contributed by atoms with E-state index in [1.165, 1.54) is 16.7 Å². The Morgan fingerprint density at radius 3 is 2.10 bits per heavy atom. The summed E-state index contributed by atoms with van der Waals surface area (Å²) >= 11 is 0. The van der Waals surface area contributed by atoms with Gasteiger partial charge in [-0.2, -0.15) is 0 Å². The molecular weight excluding hydrogens is 260 g/mol. The van der Waals surface area contributed by atoms with Crippen LogP contribution in [0.2, 0.25) is 0 Å². The van der Waals surface area contributed by atoms with E-state index in [4.69, 9.17) is 0 Å². The topological polar surface area (TPSA) is 32.3 Å². The van der Waals surface area contributed by atoms with Crippen LogP contribution in [0.4, 0.5) is 5.69 Å². The average Bonchev–Trinajstić information content (AvgIpc) is 2.46. The van der Waals surface area contributed by atoms with Gasteiger partial charge in [0.1, 0.15) is 0 Å². The number of nitrogens with one attached hydrogen (secondary N) is 1. The molecule has 0 aromatic heterocycles. The molecule has 0 heterocycles. The number of aryl methyl sites for hydroxylation is 2. The van der Waals surface area contributed by atoms with E-state index < -0.39 is 0 Å². The number of carbonyl (C=O) groups is 1. The second-order valence-electron chi connectivity index (χ2n) is 5.50. The zero-order chi connectivity index (χ0) is 15.4. The average molecular weight is 282 g/mol. The van der Waals surface area contributed by atoms with Gasteiger partial charge >= 0.3 is 0 Å². The molecule has 2 rings (SSSR count). The Bertz CT molecular complexity index is 610. The van der Waals surface area contributed by atoms with Gasteiger partial charge in [-0.3, -0.25) is 4.79 Å². The lowest BCUT2D eigenvalue weighted by Gasteiger charge is -2.13. The molecule has 0 aliphatic carbocycles. The van der Waals surface area contributed by atoms with Crippen LogP contribution in [0.25, 0.3) is 0 Å². The largest absolute Gasteiger partial charge is 0.381 e. The maximum absolute atomic E-state index is 11.8. The van der Waals surface area contributed by atoms with Crippen molar-refractivity contribution in [2.24, 2.45) is 0 Å². The van der Waals surface area contributed by atoms with Gasteiger partial charge in [0.15, 0.2) is 0 Å². The van der Waals surface area contributed by atoms with Crippen LogP contribution in [0.5, 0.6) is 0 Å². The zero-order valence-electron chi connectivity index (χ0n) is 13.1. The van der Waals surface area contributed by atoms with Crippen molar-refractivity contribution in [2.45, 2.75) is 20.4 Å². The second-order valence-corrected chi connectivity index (χ2v) is 5.50. The highest BCUT2D eigenvalue weighted by Crippen LogP contribution is 2.16. The van der Waals surface area contributed by atoms with Crippen molar-refractivity contribution in [2.75, 3.05) is 19.4 Å². The third-order valence-electron chi connectivity index (χ3n) is 3.65. The molecule has 0 saturated carbocycles. The maximum Gasteiger partial charge on any atom is 0.253 e. The minimum absolute atomic E-state index is 0.0244. The van der Waals surface area contributed by atoms with Crippen molar-refractivity contribution in [3.05, 3.63) is 64.7 Å². The van der Waals surface area contributed by atoms with Crippen LogP contribution in [0.1, 0.15) is 27.0 Å². The third-order valence-corrected chi connectivity index (χ3v) is 3.65. The highest BCUT2D eigenvalue weighted by Gasteiger charge is 2.07. The minimum atomic E-state index is 0.0244. The Hall–Kier alpha value is -2.29. The fraction of sp³-hybridized carbons (Fsp3) is 0.278. The SMILES string of the molecule is Cc1cccc(C)c1CNc1ccc(C(=O)N(C)C)cc1. The van der Waals surface area contributed by atoms with E-state index >= 15 is 0 Å². The first-order chi connectivity index (χ1) is 9.99. The summed E-state index contributed by atoms with van der Waals surface area (Å²) in [5, 5.41) is 3.41. The molecule has 0 radical (unpaired) electrons. The van der Waals surface area contributed by atoms with Crippen molar-refractivity contribution in [3.8, 4) is 0 Å². The first kappa shape index (κ1) is 15.1. The minimum Gasteiger partial charge on any atom is -0.381 e. The molecule has 3 heteroatoms. The van der Waals surface area contributed by atoms with Gasteiger partial charge < -0.3 is 10.2 Å². The molecule has 1 N–H and O–H groups in total. The molecule has 0 saturated heterocycles. The first-order valence-electron chi connectivity index (χ1n) is 7.09. The van der Waals surface area contributed by atoms with Crippen molar-refractivity contribution >= 4 is 11.6 Å². The first-order valence-corrected chi connectivity index (χ1v) is 7.09. The molecule has 0 unspecified atom stereocenters. The Morgan fingerprint density at radius 2 is 1.57 bits per heavy atom. The van der Waals surface area contributed by atoms with Crippen LogP contribution >= 0.6 is 0 Å². The second kappa shape index (κ2) is 6.44. The molecule has 1 amide bonds. The Morgan fingerprint density at radius 1 is 1.00 bits per heavy atom. The predicted molar refractivity (Wildman–Crippen MR) is 87.7 cm³/mol. The van der Waals surface area contributed by atoms with Crippen molar-refractivity contribution < 1.29 is 4.79 Å². The summed E-state index contributed by atoms with van der Waals surface area (Å²) in [5.74, 6) is 0.0244. The summed E-state index contributed by atoms with van der Waals surface area (Å²) in [7, 11) is 3.52. The van der Waals surface area contributed by atoms with E-state index in [1.807, 2.05) is 24.3 Å². The van der Waals surface area contributed by atoms with E-state index in [0.29, 0.717) is 5.56 Å². The predicted octanol–water partition coefficient (Wildman–Crippen LogP) is 3.62. The molecule has 0 bridgehead atoms. The lowest BCUT2D eigenvalue weighted by atomic mass is 10.0. The monoisotopic (exact) mass is 282 g/mol. The number of hydrogen-bond donors (Lipinski definition) is 1. The van der Waals surface area contributed by atoms with Crippen molar-refractivity contribution in [3.63, 3.8) is 0 Å². The van der Waals surface area contributed by atoms with Crippen LogP contribution in [-0.2, 0) is 6.54 Å². The number of hydrogen-bond acceptors (Lipinski definition) is 2. The molecule has 0 aliphatic rings. The molecule has 21 heavy (non-hydrogen) atoms. The normalized spacial score (nSPS) is 10.3. The lowest BCUT2D eigenvalue weighted by molar-refractivity contribution is 0.0827. The van der Waals surface area contributed by atoms with Gasteiger partial charge in [-0.15, -0.1) is 0 Å². The Labute approximate surface area is 126 Å². The van der Waals surface area contributed by atoms with Gasteiger partial charge in [-0.1, -0.05) is 18.2 Å². The van der Waals surface area contributed by atoms with Gasteiger partial charge in [-0.05, 0) is 54.8 Å². The van der Waals surface area contributed by atoms with E-state index in [2.05, 4.69) is 37.4 Å². The van der Waals surface area contributed by atoms with Gasteiger partial charge in [0.2, 0.25) is 0 Å². The number of nitrogens with zero attached hydrogens (tertiary/aromatic N) is 1. The number of amides is 1. The third kappa shape index (κ3) is 3.63. The smallest absolute Gasteiger partial charge is 0.253 e. The summed E-state index contributed by atoms with van der Waals surface area (Å²) in [4.78, 5) is 13.4. The van der Waals surface area contributed by atoms with E-state index in [9.17, 15) is 4.79 Å². The zero-order valence-corrected chi connectivity index (χ0v) is 13.1. The lowest BCUT2D eigenvalue weighted by Crippen LogP contribution is -2.21. The van der Waals surface area contributed by atoms with Crippen LogP contribution in [0, 0.1) is 13.8 Å². The van der Waals surface area contributed by atoms with Crippen LogP contribution < -0.4 is 5.32 Å². The molecular formula is C18H22N2O. The van der Waals surface area contributed by atoms with Crippen LogP contribution in [0.3, 0.4) is 0 Å². The summed E-state index contributed by atoms with van der Waals surface area (Å²) in [6, 6.07) is 13.9. The molecule has 0 atom stereocenters. The van der Waals surface area contributed by atoms with E-state index in [1.54, 1.807) is 19.0 Å². The van der Waals surface area contributed by atoms with Crippen LogP contribution in [0.15, 0.2) is 42.5 Å². The van der Waals surface area contributed by atoms with Gasteiger partial charge in [0.25, 0.3) is 5.91 Å². The molecule has 2 aromatic carbocycles. The summed E-state index contributed by atoms with van der Waals surface area (Å²) < 4.78 is 0. The summed E-state index contributed by atoms with van der Waals surface area (Å²) in [6.07, 6.45) is 0. The van der Waals surface area contributed by atoms with Gasteiger partial charge in [0.05, 0.1) is 0 Å². The molecule has 0 spiro atoms. The van der Waals surface area contributed by atoms with Crippen molar-refractivity contribution in [1.29, 1.82) is 0 Å². The maximum atomic E-state index is 11.8. The Balaban J connectivity index is 2.06. The number of rotatable bonds is 4. The van der Waals surface area contributed by atoms with Crippen LogP contribution in [-0.4, -0.2) is 24.9 Å². The van der Waals surface area contributed by atoms with E-state index in [0.717, 1.165) is 12.2 Å². The van der Waals surface area contributed by atoms with Gasteiger partial charge in [0, 0.05) is 31.9 Å². The Kier molecular flexibility index (Phi) is 4.63. The standard InChI is InChI=1S/C18H22N2O/c1-13-6-5-7-14(2)17(13)12-19-16-10-8-15(9-11-16)18(21)20(3)4/h5-11,19H,12H2,1-4H3. The summed E-state index contributed by atoms with van der Waals surface area (Å²) in [6.45, 7) is 5.05. The van der Waals surface area contributed by atoms with Crippen molar-refractivity contribution in [1.82, 2.24) is 4.90 Å². The fourth-order valence-electron chi connectivity index (χ4n) is 2.31. The number of anilines is 1. The number of benzene rings is 2. The van der Waals surface area contributed by atoms with E-state index in [-0.39, 0.29) is 5.91 Å². The summed E-state index contributed by atoms with van der Waals surface area (Å²) in [5.41, 5.74) is 5.64. The quantitative estimate of drug-likeness (QED) is 0.929. The highest BCUT2D eigenvalue weighted by molar-refractivity contribution is 5.94. The fourth-order valence-corrected chi connectivity index (χ4v) is 2.31. The molecule has 0 aliphatic heterocycles. The molecule has 0 fully saturated rings. The highest BCUT2D eigenvalue weighted by atomic mass is 16.2. The number of carbonyl (C=O) groups excluding carboxylic acids is 1. The molecule has 3 nitrogen and oxygen atoms in total. The molecule has 110 valence electrons. The molecule has 2 aromatic rings. The van der Waals surface area contributed by atoms with Gasteiger partial charge in [-0.25, -0.2) is 0 Å².